The van der Waals surface area contributed by atoms with Gasteiger partial charge in [0, 0.05) is 5.02 Å². The summed E-state index contributed by atoms with van der Waals surface area (Å²) in [7, 11) is 1.28. The first kappa shape index (κ1) is 17.6. The lowest BCUT2D eigenvalue weighted by Crippen LogP contribution is -2.47. The lowest BCUT2D eigenvalue weighted by Gasteiger charge is -2.22. The number of benzene rings is 1. The summed E-state index contributed by atoms with van der Waals surface area (Å²) < 4.78 is 4.70. The molecule has 2 unspecified atom stereocenters. The third-order valence-corrected chi connectivity index (χ3v) is 3.70. The zero-order chi connectivity index (χ0) is 16.0. The van der Waals surface area contributed by atoms with Crippen LogP contribution in [0.4, 0.5) is 10.5 Å². The first-order chi connectivity index (χ1) is 9.88. The molecular formula is C14H18Cl2N2O3. The third kappa shape index (κ3) is 5.10. The largest absolute Gasteiger partial charge is 0.467 e. The first-order valence-corrected chi connectivity index (χ1v) is 7.25. The van der Waals surface area contributed by atoms with Gasteiger partial charge in [-0.1, -0.05) is 43.5 Å². The van der Waals surface area contributed by atoms with Gasteiger partial charge in [-0.25, -0.2) is 9.59 Å². The summed E-state index contributed by atoms with van der Waals surface area (Å²) >= 11 is 11.8. The van der Waals surface area contributed by atoms with Crippen molar-refractivity contribution in [2.75, 3.05) is 12.4 Å². The quantitative estimate of drug-likeness (QED) is 0.808. The van der Waals surface area contributed by atoms with E-state index < -0.39 is 18.0 Å². The summed E-state index contributed by atoms with van der Waals surface area (Å²) in [5.74, 6) is -0.547. The minimum absolute atomic E-state index is 0.0574. The van der Waals surface area contributed by atoms with Crippen LogP contribution in [-0.2, 0) is 9.53 Å². The molecule has 0 saturated carbocycles. The van der Waals surface area contributed by atoms with Gasteiger partial charge in [0.05, 0.1) is 17.8 Å². The van der Waals surface area contributed by atoms with Crippen LogP contribution in [0.25, 0.3) is 0 Å². The van der Waals surface area contributed by atoms with Gasteiger partial charge in [-0.2, -0.15) is 0 Å². The van der Waals surface area contributed by atoms with E-state index in [4.69, 9.17) is 27.9 Å². The van der Waals surface area contributed by atoms with Crippen LogP contribution in [0.5, 0.6) is 0 Å². The Morgan fingerprint density at radius 3 is 2.57 bits per heavy atom. The number of methoxy groups -OCH3 is 1. The Labute approximate surface area is 133 Å². The van der Waals surface area contributed by atoms with Crippen molar-refractivity contribution < 1.29 is 14.3 Å². The second-order valence-electron chi connectivity index (χ2n) is 4.61. The van der Waals surface area contributed by atoms with E-state index in [0.29, 0.717) is 15.7 Å². The zero-order valence-corrected chi connectivity index (χ0v) is 13.6. The smallest absolute Gasteiger partial charge is 0.328 e. The number of anilines is 1. The number of carbonyl (C=O) groups excluding carboxylic acids is 2. The maximum Gasteiger partial charge on any atom is 0.328 e. The van der Waals surface area contributed by atoms with E-state index in [1.807, 2.05) is 13.8 Å². The fraction of sp³-hybridized carbons (Fsp3) is 0.429. The number of hydrogen-bond donors (Lipinski definition) is 2. The van der Waals surface area contributed by atoms with E-state index in [9.17, 15) is 9.59 Å². The molecule has 0 aromatic heterocycles. The van der Waals surface area contributed by atoms with Crippen LogP contribution in [0.15, 0.2) is 18.2 Å². The van der Waals surface area contributed by atoms with Crippen molar-refractivity contribution in [1.82, 2.24) is 5.32 Å². The number of amides is 2. The highest BCUT2D eigenvalue weighted by Crippen LogP contribution is 2.25. The molecular weight excluding hydrogens is 315 g/mol. The number of hydrogen-bond acceptors (Lipinski definition) is 3. The molecule has 2 N–H and O–H groups in total. The number of carbonyl (C=O) groups is 2. The molecule has 0 heterocycles. The molecule has 0 aliphatic carbocycles. The van der Waals surface area contributed by atoms with Crippen LogP contribution >= 0.6 is 23.2 Å². The van der Waals surface area contributed by atoms with Crippen LogP contribution in [0.3, 0.4) is 0 Å². The second kappa shape index (κ2) is 8.10. The Balaban J connectivity index is 2.78. The average Bonchev–Trinajstić information content (AvgIpc) is 2.47. The van der Waals surface area contributed by atoms with Gasteiger partial charge >= 0.3 is 12.0 Å². The number of rotatable bonds is 5. The molecule has 0 aliphatic heterocycles. The van der Waals surface area contributed by atoms with Gasteiger partial charge in [0.15, 0.2) is 0 Å². The van der Waals surface area contributed by atoms with Crippen molar-refractivity contribution in [2.45, 2.75) is 26.3 Å². The fourth-order valence-corrected chi connectivity index (χ4v) is 2.03. The average molecular weight is 333 g/mol. The van der Waals surface area contributed by atoms with Gasteiger partial charge in [-0.15, -0.1) is 0 Å². The Morgan fingerprint density at radius 1 is 1.33 bits per heavy atom. The number of halogens is 2. The topological polar surface area (TPSA) is 67.4 Å². The third-order valence-electron chi connectivity index (χ3n) is 3.13. The SMILES string of the molecule is CCC(C)C(NC(=O)Nc1cc(Cl)ccc1Cl)C(=O)OC. The van der Waals surface area contributed by atoms with Gasteiger partial charge in [-0.05, 0) is 24.1 Å². The van der Waals surface area contributed by atoms with E-state index in [2.05, 4.69) is 10.6 Å². The standard InChI is InChI=1S/C14H18Cl2N2O3/c1-4-8(2)12(13(19)21-3)18-14(20)17-11-7-9(15)5-6-10(11)16/h5-8,12H,4H2,1-3H3,(H2,17,18,20). The molecule has 7 heteroatoms. The molecule has 116 valence electrons. The lowest BCUT2D eigenvalue weighted by molar-refractivity contribution is -0.144. The summed E-state index contributed by atoms with van der Waals surface area (Å²) in [4.78, 5) is 23.7. The fourth-order valence-electron chi connectivity index (χ4n) is 1.69. The Kier molecular flexibility index (Phi) is 6.78. The molecule has 0 radical (unpaired) electrons. The first-order valence-electron chi connectivity index (χ1n) is 6.49. The molecule has 1 aromatic rings. The Hall–Kier alpha value is -1.46. The summed E-state index contributed by atoms with van der Waals surface area (Å²) in [6, 6.07) is 3.45. The molecule has 2 amide bonds. The van der Waals surface area contributed by atoms with Crippen molar-refractivity contribution in [3.05, 3.63) is 28.2 Å². The second-order valence-corrected chi connectivity index (χ2v) is 5.45. The minimum Gasteiger partial charge on any atom is -0.467 e. The predicted molar refractivity (Wildman–Crippen MR) is 83.9 cm³/mol. The van der Waals surface area contributed by atoms with E-state index in [-0.39, 0.29) is 5.92 Å². The molecule has 2 atom stereocenters. The van der Waals surface area contributed by atoms with E-state index in [1.165, 1.54) is 13.2 Å². The number of nitrogens with one attached hydrogen (secondary N) is 2. The van der Waals surface area contributed by atoms with Gasteiger partial charge in [0.1, 0.15) is 6.04 Å². The lowest BCUT2D eigenvalue weighted by atomic mass is 9.99. The van der Waals surface area contributed by atoms with Crippen LogP contribution in [-0.4, -0.2) is 25.2 Å². The summed E-state index contributed by atoms with van der Waals surface area (Å²) in [5.41, 5.74) is 0.370. The highest BCUT2D eigenvalue weighted by atomic mass is 35.5. The monoisotopic (exact) mass is 332 g/mol. The van der Waals surface area contributed by atoms with Crippen LogP contribution in [0.1, 0.15) is 20.3 Å². The summed E-state index contributed by atoms with van der Waals surface area (Å²) in [5, 5.41) is 5.95. The number of ether oxygens (including phenoxy) is 1. The molecule has 1 rings (SSSR count). The van der Waals surface area contributed by atoms with Crippen molar-refractivity contribution >= 4 is 40.9 Å². The minimum atomic E-state index is -0.724. The number of urea groups is 1. The molecule has 0 aliphatic rings. The molecule has 0 fully saturated rings. The van der Waals surface area contributed by atoms with Gasteiger partial charge < -0.3 is 15.4 Å². The summed E-state index contributed by atoms with van der Waals surface area (Å²) in [6.45, 7) is 3.78. The van der Waals surface area contributed by atoms with Gasteiger partial charge in [0.2, 0.25) is 0 Å². The zero-order valence-electron chi connectivity index (χ0n) is 12.1. The molecule has 5 nitrogen and oxygen atoms in total. The molecule has 21 heavy (non-hydrogen) atoms. The van der Waals surface area contributed by atoms with Crippen molar-refractivity contribution in [3.8, 4) is 0 Å². The van der Waals surface area contributed by atoms with Crippen LogP contribution in [0.2, 0.25) is 10.0 Å². The maximum absolute atomic E-state index is 12.0. The molecule has 1 aromatic carbocycles. The highest BCUT2D eigenvalue weighted by Gasteiger charge is 2.26. The summed E-state index contributed by atoms with van der Waals surface area (Å²) in [6.07, 6.45) is 0.720. The van der Waals surface area contributed by atoms with Gasteiger partial charge in [-0.3, -0.25) is 0 Å². The highest BCUT2D eigenvalue weighted by molar-refractivity contribution is 6.35. The van der Waals surface area contributed by atoms with Gasteiger partial charge in [0.25, 0.3) is 0 Å². The van der Waals surface area contributed by atoms with Crippen molar-refractivity contribution in [2.24, 2.45) is 5.92 Å². The van der Waals surface area contributed by atoms with E-state index in [1.54, 1.807) is 12.1 Å². The normalized spacial score (nSPS) is 13.2. The Bertz CT molecular complexity index is 523. The van der Waals surface area contributed by atoms with Crippen LogP contribution < -0.4 is 10.6 Å². The Morgan fingerprint density at radius 2 is 2.00 bits per heavy atom. The van der Waals surface area contributed by atoms with Crippen molar-refractivity contribution in [1.29, 1.82) is 0 Å². The maximum atomic E-state index is 12.0. The van der Waals surface area contributed by atoms with E-state index in [0.717, 1.165) is 6.42 Å². The van der Waals surface area contributed by atoms with E-state index >= 15 is 0 Å². The van der Waals surface area contributed by atoms with Crippen molar-refractivity contribution in [3.63, 3.8) is 0 Å². The number of esters is 1. The molecule has 0 saturated heterocycles. The molecule has 0 bridgehead atoms. The van der Waals surface area contributed by atoms with Crippen LogP contribution in [0, 0.1) is 5.92 Å². The molecule has 0 spiro atoms. The predicted octanol–water partition coefficient (Wildman–Crippen LogP) is 3.70.